The minimum atomic E-state index is -5.06. The van der Waals surface area contributed by atoms with Crippen LogP contribution in [0.4, 0.5) is 30.7 Å². The topological polar surface area (TPSA) is 163 Å². The van der Waals surface area contributed by atoms with Crippen LogP contribution in [0.15, 0.2) is 70.5 Å². The monoisotopic (exact) mass is 964 g/mol. The van der Waals surface area contributed by atoms with E-state index in [1.54, 1.807) is 17.0 Å². The van der Waals surface area contributed by atoms with Crippen LogP contribution in [0.25, 0.3) is 12.2 Å². The number of morpholine rings is 1. The molecule has 0 radical (unpaired) electrons. The quantitative estimate of drug-likeness (QED) is 0.159. The van der Waals surface area contributed by atoms with Gasteiger partial charge in [-0.15, -0.1) is 26.3 Å². The second kappa shape index (κ2) is 19.9. The van der Waals surface area contributed by atoms with E-state index in [1.807, 2.05) is 0 Å². The molecule has 340 valence electrons. The number of hydrogen-bond acceptors (Lipinski definition) is 10. The van der Waals surface area contributed by atoms with Crippen molar-refractivity contribution in [1.82, 2.24) is 18.4 Å². The lowest BCUT2D eigenvalue weighted by atomic mass is 10.0. The van der Waals surface area contributed by atoms with Gasteiger partial charge in [-0.25, -0.2) is 34.6 Å². The number of nitrogens with zero attached hydrogens (tertiary/aromatic N) is 4. The average molecular weight is 966 g/mol. The van der Waals surface area contributed by atoms with Gasteiger partial charge in [0.1, 0.15) is 17.3 Å². The number of benzene rings is 3. The molecule has 25 heteroatoms. The van der Waals surface area contributed by atoms with Gasteiger partial charge in [0, 0.05) is 60.0 Å². The maximum atomic E-state index is 13.3. The summed E-state index contributed by atoms with van der Waals surface area (Å²) in [6, 6.07) is 8.70. The molecule has 2 fully saturated rings. The van der Waals surface area contributed by atoms with Gasteiger partial charge in [0.25, 0.3) is 0 Å². The third-order valence-electron chi connectivity index (χ3n) is 8.83. The fourth-order valence-electron chi connectivity index (χ4n) is 6.10. The van der Waals surface area contributed by atoms with Crippen LogP contribution in [-0.4, -0.2) is 132 Å². The minimum Gasteiger partial charge on any atom is -0.478 e. The summed E-state index contributed by atoms with van der Waals surface area (Å²) in [4.78, 5) is 26.8. The number of aliphatic carboxylic acids is 1. The Hall–Kier alpha value is -4.49. The van der Waals surface area contributed by atoms with Crippen molar-refractivity contribution >= 4 is 67.3 Å². The molecule has 0 spiro atoms. The van der Waals surface area contributed by atoms with E-state index in [0.29, 0.717) is 31.8 Å². The number of ether oxygens (including phenoxy) is 3. The molecule has 0 saturated carbocycles. The Bertz CT molecular complexity index is 2400. The minimum absolute atomic E-state index is 0.197. The van der Waals surface area contributed by atoms with Crippen LogP contribution in [0.3, 0.4) is 0 Å². The van der Waals surface area contributed by atoms with E-state index in [-0.39, 0.29) is 47.1 Å². The molecule has 2 unspecified atom stereocenters. The Labute approximate surface area is 361 Å². The highest BCUT2D eigenvalue weighted by Gasteiger charge is 2.40. The number of piperazine rings is 1. The van der Waals surface area contributed by atoms with Gasteiger partial charge in [0.05, 0.1) is 45.1 Å². The number of carbonyl (C=O) groups is 2. The zero-order valence-corrected chi connectivity index (χ0v) is 35.9. The number of halogens is 9. The van der Waals surface area contributed by atoms with Crippen molar-refractivity contribution in [1.29, 1.82) is 0 Å². The predicted octanol–water partition coefficient (Wildman–Crippen LogP) is 6.34. The van der Waals surface area contributed by atoms with Crippen molar-refractivity contribution in [2.75, 3.05) is 54.5 Å². The Balaban J connectivity index is 0.000000314. The van der Waals surface area contributed by atoms with Gasteiger partial charge in [0.15, 0.2) is 0 Å². The molecule has 14 nitrogen and oxygen atoms in total. The van der Waals surface area contributed by atoms with E-state index in [0.717, 1.165) is 50.6 Å². The van der Waals surface area contributed by atoms with Crippen LogP contribution < -0.4 is 9.47 Å². The van der Waals surface area contributed by atoms with Crippen LogP contribution in [0.2, 0.25) is 10.0 Å². The van der Waals surface area contributed by atoms with Crippen LogP contribution in [-0.2, 0) is 40.9 Å². The molecule has 0 aromatic heterocycles. The number of carboxylic acids is 1. The first-order valence-electron chi connectivity index (χ1n) is 17.6. The Morgan fingerprint density at radius 2 is 1.19 bits per heavy atom. The highest BCUT2D eigenvalue weighted by Crippen LogP contribution is 2.37. The van der Waals surface area contributed by atoms with Crippen LogP contribution in [0.1, 0.15) is 16.7 Å². The van der Waals surface area contributed by atoms with Crippen molar-refractivity contribution in [3.63, 3.8) is 0 Å². The lowest BCUT2D eigenvalue weighted by Gasteiger charge is -2.49. The lowest BCUT2D eigenvalue weighted by Crippen LogP contribution is -2.65. The maximum Gasteiger partial charge on any atom is 0.573 e. The summed E-state index contributed by atoms with van der Waals surface area (Å²) in [5.74, 6) is -3.83. The molecule has 2 saturated heterocycles. The molecule has 2 bridgehead atoms. The molecule has 62 heavy (non-hydrogen) atoms. The van der Waals surface area contributed by atoms with E-state index in [4.69, 9.17) is 33.0 Å². The van der Waals surface area contributed by atoms with Crippen molar-refractivity contribution in [3.05, 3.63) is 93.2 Å². The van der Waals surface area contributed by atoms with Gasteiger partial charge in [-0.05, 0) is 65.2 Å². The number of alkyl halides is 6. The van der Waals surface area contributed by atoms with Gasteiger partial charge >= 0.3 is 18.7 Å². The molecule has 0 aliphatic carbocycles. The first-order valence-corrected chi connectivity index (χ1v) is 21.2. The molecule has 5 rings (SSSR count). The normalized spacial score (nSPS) is 17.7. The van der Waals surface area contributed by atoms with Gasteiger partial charge in [-0.1, -0.05) is 35.3 Å². The first kappa shape index (κ1) is 50.2. The van der Waals surface area contributed by atoms with Crippen molar-refractivity contribution in [2.24, 2.45) is 0 Å². The average Bonchev–Trinajstić information content (AvgIpc) is 3.14. The number of sulfonamides is 2. The summed E-state index contributed by atoms with van der Waals surface area (Å²) in [5, 5.41) is 7.46. The smallest absolute Gasteiger partial charge is 0.478 e. The summed E-state index contributed by atoms with van der Waals surface area (Å²) in [6.07, 6.45) is -6.43. The molecule has 2 aliphatic heterocycles. The van der Waals surface area contributed by atoms with Crippen molar-refractivity contribution < 1.29 is 76.5 Å². The van der Waals surface area contributed by atoms with E-state index in [9.17, 15) is 57.2 Å². The summed E-state index contributed by atoms with van der Waals surface area (Å²) >= 11 is 11.5. The second-order valence-electron chi connectivity index (χ2n) is 13.7. The highest BCUT2D eigenvalue weighted by atomic mass is 35.5. The van der Waals surface area contributed by atoms with Crippen molar-refractivity contribution in [3.8, 4) is 11.5 Å². The SMILES string of the molecule is CN(C)S(=O)(=O)c1cc(Cl)c(OC(F)(F)F)cc1/C=C/C(=O)N1C2COCC1CN(Cc1ccc(F)cc1)C2.CN(C)S(=O)(=O)c1cc(Cl)c(OC(F)(F)F)cc1/C=C/C(=O)O. The molecular weight excluding hydrogens is 928 g/mol. The Kier molecular flexibility index (Phi) is 16.1. The molecule has 1 N–H and O–H groups in total. The lowest BCUT2D eigenvalue weighted by molar-refractivity contribution is -0.275. The summed E-state index contributed by atoms with van der Waals surface area (Å²) in [7, 11) is -3.28. The molecule has 1 amide bonds. The van der Waals surface area contributed by atoms with Gasteiger partial charge < -0.3 is 24.2 Å². The molecule has 3 aromatic carbocycles. The Morgan fingerprint density at radius 3 is 1.58 bits per heavy atom. The first-order chi connectivity index (χ1) is 28.6. The van der Waals surface area contributed by atoms with E-state index < -0.39 is 71.1 Å². The maximum absolute atomic E-state index is 13.3. The van der Waals surface area contributed by atoms with E-state index in [1.165, 1.54) is 40.3 Å². The number of rotatable bonds is 12. The fourth-order valence-corrected chi connectivity index (χ4v) is 8.81. The number of fused-ring (bicyclic) bond motifs is 2. The highest BCUT2D eigenvalue weighted by molar-refractivity contribution is 7.89. The zero-order valence-electron chi connectivity index (χ0n) is 32.7. The molecular formula is C37H37Cl2F7N4O10S2. The van der Waals surface area contributed by atoms with Gasteiger partial charge in [-0.2, -0.15) is 0 Å². The van der Waals surface area contributed by atoms with Crippen molar-refractivity contribution in [2.45, 2.75) is 41.1 Å². The van der Waals surface area contributed by atoms with Crippen LogP contribution >= 0.6 is 23.2 Å². The standard InChI is InChI=1S/C25H26ClF4N3O5S.C12H11ClF3NO5S/c1-31(2)39(35,36)23-10-21(26)22(38-25(28,29)30)9-17(23)5-8-24(34)33-19-12-32(13-20(33)15-37-14-19)11-16-3-6-18(27)7-4-16;1-17(2)23(20,21)10-6-8(13)9(22-12(14,15)16)5-7(10)3-4-11(18)19/h3-10,19-20H,11-15H2,1-2H3;3-6H,1-2H3,(H,18,19)/b8-5+;4-3+. The molecule has 2 heterocycles. The number of hydrogen-bond donors (Lipinski definition) is 1. The third kappa shape index (κ3) is 13.3. The largest absolute Gasteiger partial charge is 0.573 e. The van der Waals surface area contributed by atoms with Gasteiger partial charge in [0.2, 0.25) is 26.0 Å². The second-order valence-corrected chi connectivity index (χ2v) is 18.8. The number of carbonyl (C=O) groups excluding carboxylic acids is 1. The number of amides is 1. The molecule has 2 atom stereocenters. The van der Waals surface area contributed by atoms with Gasteiger partial charge in [-0.3, -0.25) is 9.69 Å². The number of carboxylic acid groups (broad SMARTS) is 1. The van der Waals surface area contributed by atoms with E-state index >= 15 is 0 Å². The third-order valence-corrected chi connectivity index (χ3v) is 13.2. The molecule has 3 aromatic rings. The predicted molar refractivity (Wildman–Crippen MR) is 211 cm³/mol. The van der Waals surface area contributed by atoms with Crippen LogP contribution in [0.5, 0.6) is 11.5 Å². The zero-order chi connectivity index (χ0) is 46.5. The Morgan fingerprint density at radius 1 is 0.774 bits per heavy atom. The van der Waals surface area contributed by atoms with Crippen LogP contribution in [0, 0.1) is 5.82 Å². The fraction of sp³-hybridized carbons (Fsp3) is 0.351. The molecule has 2 aliphatic rings. The summed E-state index contributed by atoms with van der Waals surface area (Å²) in [5.41, 5.74) is 0.408. The summed E-state index contributed by atoms with van der Waals surface area (Å²) < 4.78 is 154. The van der Waals surface area contributed by atoms with E-state index in [2.05, 4.69) is 14.4 Å². The summed E-state index contributed by atoms with van der Waals surface area (Å²) in [6.45, 7) is 2.08.